The minimum Gasteiger partial charge on any atom is -0.383 e. The Kier molecular flexibility index (Phi) is 5.35. The zero-order valence-corrected chi connectivity index (χ0v) is 16.3. The van der Waals surface area contributed by atoms with Crippen LogP contribution in [0, 0.1) is 18.3 Å². The van der Waals surface area contributed by atoms with Gasteiger partial charge in [0.05, 0.1) is 17.1 Å². The molecule has 1 N–H and O–H groups in total. The first-order valence-electron chi connectivity index (χ1n) is 9.49. The van der Waals surface area contributed by atoms with Crippen LogP contribution in [-0.4, -0.2) is 40.2 Å². The molecular weight excluding hydrogens is 324 g/mol. The Hall–Kier alpha value is -2.30. The zero-order chi connectivity index (χ0) is 18.7. The number of amides is 1. The maximum absolute atomic E-state index is 12.4. The normalized spacial score (nSPS) is 15.9. The lowest BCUT2D eigenvalue weighted by atomic mass is 9.91. The van der Waals surface area contributed by atoms with Crippen molar-refractivity contribution in [1.82, 2.24) is 14.7 Å². The summed E-state index contributed by atoms with van der Waals surface area (Å²) < 4.78 is 1.92. The van der Waals surface area contributed by atoms with Crippen molar-refractivity contribution in [2.45, 2.75) is 40.5 Å². The Labute approximate surface area is 156 Å². The van der Waals surface area contributed by atoms with Crippen LogP contribution in [0.2, 0.25) is 0 Å². The molecule has 140 valence electrons. The van der Waals surface area contributed by atoms with Crippen LogP contribution in [0.15, 0.2) is 36.5 Å². The molecule has 0 unspecified atom stereocenters. The van der Waals surface area contributed by atoms with E-state index in [-0.39, 0.29) is 11.3 Å². The number of likely N-dealkylation sites (tertiary alicyclic amines) is 1. The molecule has 26 heavy (non-hydrogen) atoms. The molecule has 0 radical (unpaired) electrons. The number of carbonyl (C=O) groups is 1. The minimum absolute atomic E-state index is 0.267. The van der Waals surface area contributed by atoms with E-state index in [0.29, 0.717) is 5.92 Å². The molecule has 1 aromatic carbocycles. The quantitative estimate of drug-likeness (QED) is 0.906. The van der Waals surface area contributed by atoms with Gasteiger partial charge in [0.2, 0.25) is 5.91 Å². The van der Waals surface area contributed by atoms with Crippen LogP contribution in [0.1, 0.15) is 39.3 Å². The van der Waals surface area contributed by atoms with Crippen LogP contribution in [0.25, 0.3) is 5.69 Å². The fourth-order valence-electron chi connectivity index (χ4n) is 3.44. The number of nitrogens with zero attached hydrogens (tertiary/aromatic N) is 3. The molecule has 1 aliphatic rings. The third kappa shape index (κ3) is 4.26. The Balaban J connectivity index is 1.57. The van der Waals surface area contributed by atoms with Gasteiger partial charge in [0.1, 0.15) is 0 Å². The molecular formula is C21H30N4O. The minimum atomic E-state index is -0.286. The van der Waals surface area contributed by atoms with Gasteiger partial charge in [-0.25, -0.2) is 4.68 Å². The monoisotopic (exact) mass is 354 g/mol. The van der Waals surface area contributed by atoms with Gasteiger partial charge < -0.3 is 10.2 Å². The molecule has 5 heteroatoms. The number of benzene rings is 1. The van der Waals surface area contributed by atoms with Crippen molar-refractivity contribution in [2.24, 2.45) is 11.3 Å². The van der Waals surface area contributed by atoms with Crippen LogP contribution in [0.4, 0.5) is 5.69 Å². The van der Waals surface area contributed by atoms with E-state index in [4.69, 9.17) is 0 Å². The number of rotatable bonds is 4. The van der Waals surface area contributed by atoms with Crippen LogP contribution < -0.4 is 5.32 Å². The molecule has 1 aromatic heterocycles. The zero-order valence-electron chi connectivity index (χ0n) is 16.3. The lowest BCUT2D eigenvalue weighted by Crippen LogP contribution is -2.44. The summed E-state index contributed by atoms with van der Waals surface area (Å²) in [7, 11) is 0. The van der Waals surface area contributed by atoms with Gasteiger partial charge >= 0.3 is 0 Å². The van der Waals surface area contributed by atoms with Gasteiger partial charge in [-0.05, 0) is 43.9 Å². The highest BCUT2D eigenvalue weighted by molar-refractivity contribution is 5.81. The summed E-state index contributed by atoms with van der Waals surface area (Å²) in [5, 5.41) is 8.12. The molecule has 0 spiro atoms. The number of piperidine rings is 1. The van der Waals surface area contributed by atoms with E-state index in [0.717, 1.165) is 49.5 Å². The summed E-state index contributed by atoms with van der Waals surface area (Å²) in [5.74, 6) is 0.856. The van der Waals surface area contributed by atoms with Crippen molar-refractivity contribution in [3.8, 4) is 5.69 Å². The summed E-state index contributed by atoms with van der Waals surface area (Å²) in [5.41, 5.74) is 2.90. The molecule has 1 fully saturated rings. The average molecular weight is 354 g/mol. The lowest BCUT2D eigenvalue weighted by molar-refractivity contribution is -0.140. The Morgan fingerprint density at radius 3 is 2.50 bits per heavy atom. The third-order valence-electron chi connectivity index (χ3n) is 5.00. The highest BCUT2D eigenvalue weighted by Gasteiger charge is 2.30. The summed E-state index contributed by atoms with van der Waals surface area (Å²) in [6.45, 7) is 10.6. The number of anilines is 1. The van der Waals surface area contributed by atoms with Gasteiger partial charge in [0.25, 0.3) is 0 Å². The summed E-state index contributed by atoms with van der Waals surface area (Å²) >= 11 is 0. The van der Waals surface area contributed by atoms with Crippen molar-refractivity contribution in [2.75, 3.05) is 25.0 Å². The van der Waals surface area contributed by atoms with E-state index in [9.17, 15) is 4.79 Å². The number of para-hydroxylation sites is 2. The maximum Gasteiger partial charge on any atom is 0.227 e. The topological polar surface area (TPSA) is 50.2 Å². The van der Waals surface area contributed by atoms with Crippen molar-refractivity contribution in [1.29, 1.82) is 0 Å². The molecule has 1 aliphatic heterocycles. The first kappa shape index (κ1) is 18.5. The lowest BCUT2D eigenvalue weighted by Gasteiger charge is -2.36. The number of carbonyl (C=O) groups excluding carboxylic acids is 1. The molecule has 3 rings (SSSR count). The SMILES string of the molecule is Cc1ccn(-c2ccccc2NCC2CCN(C(=O)C(C)(C)C)CC2)n1. The van der Waals surface area contributed by atoms with Crippen LogP contribution in [-0.2, 0) is 4.79 Å². The molecule has 1 saturated heterocycles. The molecule has 0 saturated carbocycles. The van der Waals surface area contributed by atoms with Gasteiger partial charge in [-0.1, -0.05) is 32.9 Å². The van der Waals surface area contributed by atoms with Gasteiger partial charge in [0, 0.05) is 31.2 Å². The van der Waals surface area contributed by atoms with Crippen LogP contribution in [0.3, 0.4) is 0 Å². The van der Waals surface area contributed by atoms with Crippen LogP contribution >= 0.6 is 0 Å². The Bertz CT molecular complexity index is 751. The van der Waals surface area contributed by atoms with Crippen LogP contribution in [0.5, 0.6) is 0 Å². The fourth-order valence-corrected chi connectivity index (χ4v) is 3.44. The predicted octanol–water partition coefficient (Wildman–Crippen LogP) is 3.88. The van der Waals surface area contributed by atoms with E-state index in [2.05, 4.69) is 22.5 Å². The molecule has 0 bridgehead atoms. The molecule has 2 aromatic rings. The van der Waals surface area contributed by atoms with Gasteiger partial charge in [-0.2, -0.15) is 5.10 Å². The largest absolute Gasteiger partial charge is 0.383 e. The fraction of sp³-hybridized carbons (Fsp3) is 0.524. The average Bonchev–Trinajstić information content (AvgIpc) is 3.05. The molecule has 1 amide bonds. The van der Waals surface area contributed by atoms with Gasteiger partial charge in [-0.3, -0.25) is 4.79 Å². The first-order chi connectivity index (χ1) is 12.3. The van der Waals surface area contributed by atoms with E-state index >= 15 is 0 Å². The highest BCUT2D eigenvalue weighted by atomic mass is 16.2. The number of aryl methyl sites for hydroxylation is 1. The molecule has 2 heterocycles. The van der Waals surface area contributed by atoms with E-state index in [1.54, 1.807) is 0 Å². The van der Waals surface area contributed by atoms with E-state index < -0.39 is 0 Å². The Morgan fingerprint density at radius 2 is 1.88 bits per heavy atom. The third-order valence-corrected chi connectivity index (χ3v) is 5.00. The summed E-state index contributed by atoms with van der Waals surface area (Å²) in [4.78, 5) is 14.4. The van der Waals surface area contributed by atoms with Crippen molar-refractivity contribution >= 4 is 11.6 Å². The molecule has 5 nitrogen and oxygen atoms in total. The standard InChI is InChI=1S/C21H30N4O/c1-16-9-14-25(23-16)19-8-6-5-7-18(19)22-15-17-10-12-24(13-11-17)20(26)21(2,3)4/h5-9,14,17,22H,10-13,15H2,1-4H3. The first-order valence-corrected chi connectivity index (χ1v) is 9.49. The number of aromatic nitrogens is 2. The molecule has 0 aliphatic carbocycles. The molecule has 0 atom stereocenters. The van der Waals surface area contributed by atoms with Crippen molar-refractivity contribution in [3.63, 3.8) is 0 Å². The maximum atomic E-state index is 12.4. The second kappa shape index (κ2) is 7.52. The van der Waals surface area contributed by atoms with E-state index in [1.165, 1.54) is 0 Å². The smallest absolute Gasteiger partial charge is 0.227 e. The number of nitrogens with one attached hydrogen (secondary N) is 1. The second-order valence-electron chi connectivity index (χ2n) is 8.29. The summed E-state index contributed by atoms with van der Waals surface area (Å²) in [6, 6.07) is 10.3. The number of hydrogen-bond donors (Lipinski definition) is 1. The Morgan fingerprint density at radius 1 is 1.19 bits per heavy atom. The summed E-state index contributed by atoms with van der Waals surface area (Å²) in [6.07, 6.45) is 4.10. The predicted molar refractivity (Wildman–Crippen MR) is 106 cm³/mol. The van der Waals surface area contributed by atoms with Gasteiger partial charge in [0.15, 0.2) is 0 Å². The number of hydrogen-bond acceptors (Lipinski definition) is 3. The van der Waals surface area contributed by atoms with Gasteiger partial charge in [-0.15, -0.1) is 0 Å². The second-order valence-corrected chi connectivity index (χ2v) is 8.29. The highest BCUT2D eigenvalue weighted by Crippen LogP contribution is 2.25. The van der Waals surface area contributed by atoms with Crippen molar-refractivity contribution in [3.05, 3.63) is 42.2 Å². The van der Waals surface area contributed by atoms with E-state index in [1.807, 2.05) is 61.7 Å². The van der Waals surface area contributed by atoms with Crippen molar-refractivity contribution < 1.29 is 4.79 Å².